The van der Waals surface area contributed by atoms with Gasteiger partial charge in [-0.05, 0) is 25.7 Å². The normalized spacial score (nSPS) is 20.6. The van der Waals surface area contributed by atoms with Gasteiger partial charge in [-0.25, -0.2) is 4.98 Å². The molecule has 3 heteroatoms. The molecule has 0 saturated heterocycles. The third-order valence-corrected chi connectivity index (χ3v) is 4.34. The third kappa shape index (κ3) is 2.25. The summed E-state index contributed by atoms with van der Waals surface area (Å²) >= 11 is 0. The number of rotatable bonds is 5. The lowest BCUT2D eigenvalue weighted by atomic mass is 9.77. The van der Waals surface area contributed by atoms with Gasteiger partial charge in [-0.3, -0.25) is 0 Å². The molecule has 0 bridgehead atoms. The van der Waals surface area contributed by atoms with Gasteiger partial charge >= 0.3 is 0 Å². The average Bonchev–Trinajstić information content (AvgIpc) is 2.97. The van der Waals surface area contributed by atoms with Gasteiger partial charge in [-0.1, -0.05) is 26.7 Å². The highest BCUT2D eigenvalue weighted by atomic mass is 16.3. The molecule has 1 aromatic rings. The summed E-state index contributed by atoms with van der Waals surface area (Å²) in [6, 6.07) is 0. The summed E-state index contributed by atoms with van der Waals surface area (Å²) in [5.74, 6) is 0.871. The quantitative estimate of drug-likeness (QED) is 0.851. The molecule has 3 nitrogen and oxygen atoms in total. The first-order valence-electron chi connectivity index (χ1n) is 6.92. The minimum atomic E-state index is -0.392. The van der Waals surface area contributed by atoms with E-state index < -0.39 is 6.10 Å². The molecule has 1 aliphatic carbocycles. The molecule has 0 spiro atoms. The summed E-state index contributed by atoms with van der Waals surface area (Å²) in [7, 11) is 0. The SMILES string of the molecule is CCCn1ccnc1C(O)C1(CC)CCCC1. The first-order chi connectivity index (χ1) is 8.23. The first-order valence-corrected chi connectivity index (χ1v) is 6.92. The predicted molar refractivity (Wildman–Crippen MR) is 68.7 cm³/mol. The van der Waals surface area contributed by atoms with Crippen molar-refractivity contribution in [1.82, 2.24) is 9.55 Å². The molecule has 1 saturated carbocycles. The fourth-order valence-electron chi connectivity index (χ4n) is 3.17. The number of aromatic nitrogens is 2. The van der Waals surface area contributed by atoms with Crippen LogP contribution in [-0.2, 0) is 6.54 Å². The Balaban J connectivity index is 2.22. The van der Waals surface area contributed by atoms with Crippen molar-refractivity contribution in [3.8, 4) is 0 Å². The van der Waals surface area contributed by atoms with Gasteiger partial charge in [0.15, 0.2) is 0 Å². The summed E-state index contributed by atoms with van der Waals surface area (Å²) in [4.78, 5) is 4.39. The number of nitrogens with zero attached hydrogens (tertiary/aromatic N) is 2. The van der Waals surface area contributed by atoms with Crippen LogP contribution in [-0.4, -0.2) is 14.7 Å². The number of aryl methyl sites for hydroxylation is 1. The van der Waals surface area contributed by atoms with E-state index in [4.69, 9.17) is 0 Å². The second kappa shape index (κ2) is 5.21. The van der Waals surface area contributed by atoms with Crippen molar-refractivity contribution in [3.05, 3.63) is 18.2 Å². The zero-order valence-corrected chi connectivity index (χ0v) is 11.0. The molecule has 17 heavy (non-hydrogen) atoms. The lowest BCUT2D eigenvalue weighted by Gasteiger charge is -2.33. The molecular formula is C14H24N2O. The van der Waals surface area contributed by atoms with Crippen molar-refractivity contribution in [1.29, 1.82) is 0 Å². The smallest absolute Gasteiger partial charge is 0.138 e. The van der Waals surface area contributed by atoms with Gasteiger partial charge in [-0.15, -0.1) is 0 Å². The molecule has 1 aliphatic rings. The van der Waals surface area contributed by atoms with Crippen molar-refractivity contribution in [2.75, 3.05) is 0 Å². The summed E-state index contributed by atoms with van der Waals surface area (Å²) in [6.45, 7) is 5.30. The Labute approximate surface area is 104 Å². The van der Waals surface area contributed by atoms with E-state index in [1.165, 1.54) is 12.8 Å². The van der Waals surface area contributed by atoms with Gasteiger partial charge in [0.25, 0.3) is 0 Å². The van der Waals surface area contributed by atoms with Crippen molar-refractivity contribution in [2.45, 2.75) is 65.0 Å². The second-order valence-electron chi connectivity index (χ2n) is 5.30. The van der Waals surface area contributed by atoms with Crippen LogP contribution < -0.4 is 0 Å². The minimum absolute atomic E-state index is 0.0802. The van der Waals surface area contributed by atoms with Crippen molar-refractivity contribution in [3.63, 3.8) is 0 Å². The number of aliphatic hydroxyl groups excluding tert-OH is 1. The fourth-order valence-corrected chi connectivity index (χ4v) is 3.17. The third-order valence-electron chi connectivity index (χ3n) is 4.34. The predicted octanol–water partition coefficient (Wildman–Crippen LogP) is 3.30. The molecule has 1 aromatic heterocycles. The van der Waals surface area contributed by atoms with Gasteiger partial charge in [-0.2, -0.15) is 0 Å². The molecule has 1 fully saturated rings. The van der Waals surface area contributed by atoms with E-state index in [9.17, 15) is 5.11 Å². The second-order valence-corrected chi connectivity index (χ2v) is 5.30. The van der Waals surface area contributed by atoms with Gasteiger partial charge in [0.1, 0.15) is 11.9 Å². The highest BCUT2D eigenvalue weighted by Gasteiger charge is 2.41. The van der Waals surface area contributed by atoms with E-state index >= 15 is 0 Å². The summed E-state index contributed by atoms with van der Waals surface area (Å²) in [6.07, 6.45) is 10.3. The van der Waals surface area contributed by atoms with Gasteiger partial charge in [0.05, 0.1) is 0 Å². The van der Waals surface area contributed by atoms with Crippen LogP contribution in [0.15, 0.2) is 12.4 Å². The molecule has 2 rings (SSSR count). The maximum absolute atomic E-state index is 10.7. The van der Waals surface area contributed by atoms with Crippen LogP contribution in [0.4, 0.5) is 0 Å². The van der Waals surface area contributed by atoms with Gasteiger partial charge < -0.3 is 9.67 Å². The summed E-state index contributed by atoms with van der Waals surface area (Å²) in [5, 5.41) is 10.7. The molecule has 0 amide bonds. The van der Waals surface area contributed by atoms with Gasteiger partial charge in [0, 0.05) is 24.4 Å². The van der Waals surface area contributed by atoms with Crippen LogP contribution >= 0.6 is 0 Å². The Hall–Kier alpha value is -0.830. The van der Waals surface area contributed by atoms with Crippen molar-refractivity contribution >= 4 is 0 Å². The van der Waals surface area contributed by atoms with Crippen molar-refractivity contribution < 1.29 is 5.11 Å². The topological polar surface area (TPSA) is 38.0 Å². The number of hydrogen-bond donors (Lipinski definition) is 1. The van der Waals surface area contributed by atoms with Crippen LogP contribution in [0, 0.1) is 5.41 Å². The first kappa shape index (κ1) is 12.6. The lowest BCUT2D eigenvalue weighted by Crippen LogP contribution is -2.27. The van der Waals surface area contributed by atoms with Crippen molar-refractivity contribution in [2.24, 2.45) is 5.41 Å². The molecule has 1 atom stereocenters. The molecular weight excluding hydrogens is 212 g/mol. The summed E-state index contributed by atoms with van der Waals surface area (Å²) < 4.78 is 2.11. The average molecular weight is 236 g/mol. The fraction of sp³-hybridized carbons (Fsp3) is 0.786. The van der Waals surface area contributed by atoms with Crippen LogP contribution in [0.5, 0.6) is 0 Å². The summed E-state index contributed by atoms with van der Waals surface area (Å²) in [5.41, 5.74) is 0.0802. The Bertz CT molecular complexity index is 353. The number of hydrogen-bond acceptors (Lipinski definition) is 2. The van der Waals surface area contributed by atoms with E-state index in [-0.39, 0.29) is 5.41 Å². The van der Waals surface area contributed by atoms with Crippen LogP contribution in [0.2, 0.25) is 0 Å². The molecule has 1 heterocycles. The Morgan fingerprint density at radius 3 is 2.71 bits per heavy atom. The monoisotopic (exact) mass is 236 g/mol. The van der Waals surface area contributed by atoms with Crippen LogP contribution in [0.1, 0.15) is 64.3 Å². The van der Waals surface area contributed by atoms with E-state index in [1.807, 2.05) is 12.4 Å². The molecule has 0 aromatic carbocycles. The van der Waals surface area contributed by atoms with Crippen LogP contribution in [0.25, 0.3) is 0 Å². The molecule has 0 aliphatic heterocycles. The zero-order valence-electron chi connectivity index (χ0n) is 11.0. The maximum atomic E-state index is 10.7. The number of imidazole rings is 1. The standard InChI is InChI=1S/C14H24N2O/c1-3-10-16-11-9-15-13(16)12(17)14(4-2)7-5-6-8-14/h9,11-12,17H,3-8,10H2,1-2H3. The number of aliphatic hydroxyl groups is 1. The highest BCUT2D eigenvalue weighted by Crippen LogP contribution is 2.49. The van der Waals surface area contributed by atoms with E-state index in [0.717, 1.165) is 38.1 Å². The Morgan fingerprint density at radius 2 is 2.12 bits per heavy atom. The largest absolute Gasteiger partial charge is 0.385 e. The molecule has 0 radical (unpaired) electrons. The highest BCUT2D eigenvalue weighted by molar-refractivity contribution is 5.04. The molecule has 96 valence electrons. The zero-order chi connectivity index (χ0) is 12.3. The molecule has 1 unspecified atom stereocenters. The van der Waals surface area contributed by atoms with E-state index in [2.05, 4.69) is 23.4 Å². The Morgan fingerprint density at radius 1 is 1.41 bits per heavy atom. The Kier molecular flexibility index (Phi) is 3.87. The minimum Gasteiger partial charge on any atom is -0.385 e. The molecule has 1 N–H and O–H groups in total. The van der Waals surface area contributed by atoms with E-state index in [1.54, 1.807) is 0 Å². The van der Waals surface area contributed by atoms with E-state index in [0.29, 0.717) is 0 Å². The van der Waals surface area contributed by atoms with Crippen LogP contribution in [0.3, 0.4) is 0 Å². The van der Waals surface area contributed by atoms with Gasteiger partial charge in [0.2, 0.25) is 0 Å². The lowest BCUT2D eigenvalue weighted by molar-refractivity contribution is 0.0144. The maximum Gasteiger partial charge on any atom is 0.138 e.